The van der Waals surface area contributed by atoms with Crippen LogP contribution in [-0.4, -0.2) is 61.2 Å². The Hall–Kier alpha value is -1.51. The van der Waals surface area contributed by atoms with Crippen molar-refractivity contribution in [1.82, 2.24) is 14.7 Å². The Morgan fingerprint density at radius 3 is 2.86 bits per heavy atom. The zero-order valence-electron chi connectivity index (χ0n) is 12.1. The van der Waals surface area contributed by atoms with Crippen molar-refractivity contribution in [3.8, 4) is 0 Å². The third-order valence-electron chi connectivity index (χ3n) is 3.89. The molecule has 2 heterocycles. The van der Waals surface area contributed by atoms with Crippen LogP contribution in [0.25, 0.3) is 0 Å². The van der Waals surface area contributed by atoms with Gasteiger partial charge in [-0.1, -0.05) is 6.42 Å². The summed E-state index contributed by atoms with van der Waals surface area (Å²) in [5.41, 5.74) is -0.0815. The molecule has 0 aromatic carbocycles. The van der Waals surface area contributed by atoms with Gasteiger partial charge in [0.2, 0.25) is 0 Å². The average Bonchev–Trinajstić information content (AvgIpc) is 2.87. The molecule has 0 saturated carbocycles. The molecule has 118 valence electrons. The number of rotatable bonds is 6. The highest BCUT2D eigenvalue weighted by Crippen LogP contribution is 2.20. The maximum atomic E-state index is 10.6. The van der Waals surface area contributed by atoms with Crippen molar-refractivity contribution in [3.05, 3.63) is 22.5 Å². The SMILES string of the molecule is CC(O)C1CCCCN1CC(O)Cn1cc([N+](=O)[O-])cn1. The zero-order chi connectivity index (χ0) is 15.4. The van der Waals surface area contributed by atoms with Crippen LogP contribution >= 0.6 is 0 Å². The van der Waals surface area contributed by atoms with E-state index in [-0.39, 0.29) is 18.3 Å². The number of aliphatic hydroxyl groups excluding tert-OH is 2. The van der Waals surface area contributed by atoms with E-state index >= 15 is 0 Å². The molecular weight excluding hydrogens is 276 g/mol. The second-order valence-corrected chi connectivity index (χ2v) is 5.63. The van der Waals surface area contributed by atoms with Crippen LogP contribution < -0.4 is 0 Å². The Morgan fingerprint density at radius 2 is 2.24 bits per heavy atom. The lowest BCUT2D eigenvalue weighted by Gasteiger charge is -2.38. The Kier molecular flexibility index (Phi) is 5.27. The highest BCUT2D eigenvalue weighted by Gasteiger charge is 2.27. The summed E-state index contributed by atoms with van der Waals surface area (Å²) in [5.74, 6) is 0. The summed E-state index contributed by atoms with van der Waals surface area (Å²) >= 11 is 0. The van der Waals surface area contributed by atoms with Crippen LogP contribution in [0.4, 0.5) is 5.69 Å². The minimum Gasteiger partial charge on any atom is -0.392 e. The Balaban J connectivity index is 1.90. The third kappa shape index (κ3) is 4.23. The minimum absolute atomic E-state index is 0.0698. The molecule has 1 fully saturated rings. The number of aromatic nitrogens is 2. The lowest BCUT2D eigenvalue weighted by molar-refractivity contribution is -0.385. The van der Waals surface area contributed by atoms with E-state index in [1.54, 1.807) is 6.92 Å². The third-order valence-corrected chi connectivity index (χ3v) is 3.89. The lowest BCUT2D eigenvalue weighted by Crippen LogP contribution is -2.49. The van der Waals surface area contributed by atoms with E-state index in [0.717, 1.165) is 25.8 Å². The van der Waals surface area contributed by atoms with Gasteiger partial charge in [-0.3, -0.25) is 19.7 Å². The second-order valence-electron chi connectivity index (χ2n) is 5.63. The lowest BCUT2D eigenvalue weighted by atomic mass is 9.98. The molecule has 0 spiro atoms. The number of likely N-dealkylation sites (tertiary alicyclic amines) is 1. The van der Waals surface area contributed by atoms with Gasteiger partial charge in [0.25, 0.3) is 0 Å². The zero-order valence-corrected chi connectivity index (χ0v) is 12.1. The summed E-state index contributed by atoms with van der Waals surface area (Å²) < 4.78 is 1.38. The standard InChI is InChI=1S/C13H22N4O4/c1-10(18)13-4-2-3-5-15(13)8-12(19)9-16-7-11(6-14-16)17(20)21/h6-7,10,12-13,18-19H,2-5,8-9H2,1H3. The van der Waals surface area contributed by atoms with E-state index in [0.29, 0.717) is 6.54 Å². The van der Waals surface area contributed by atoms with Gasteiger partial charge in [-0.25, -0.2) is 0 Å². The van der Waals surface area contributed by atoms with Gasteiger partial charge in [0.05, 0.1) is 23.7 Å². The molecule has 8 heteroatoms. The van der Waals surface area contributed by atoms with Crippen molar-refractivity contribution < 1.29 is 15.1 Å². The fourth-order valence-electron chi connectivity index (χ4n) is 2.88. The number of piperidine rings is 1. The van der Waals surface area contributed by atoms with Crippen molar-refractivity contribution in [2.45, 2.75) is 51.0 Å². The maximum Gasteiger partial charge on any atom is 0.306 e. The molecule has 1 aromatic heterocycles. The predicted octanol–water partition coefficient (Wildman–Crippen LogP) is 0.387. The van der Waals surface area contributed by atoms with E-state index in [9.17, 15) is 20.3 Å². The molecule has 1 saturated heterocycles. The van der Waals surface area contributed by atoms with Gasteiger partial charge in [-0.15, -0.1) is 0 Å². The van der Waals surface area contributed by atoms with Crippen molar-refractivity contribution in [2.75, 3.05) is 13.1 Å². The maximum absolute atomic E-state index is 10.6. The van der Waals surface area contributed by atoms with Crippen molar-refractivity contribution in [2.24, 2.45) is 0 Å². The Labute approximate surface area is 123 Å². The summed E-state index contributed by atoms with van der Waals surface area (Å²) in [6.45, 7) is 3.26. The molecule has 2 N–H and O–H groups in total. The van der Waals surface area contributed by atoms with E-state index < -0.39 is 17.1 Å². The number of hydrogen-bond acceptors (Lipinski definition) is 6. The summed E-state index contributed by atoms with van der Waals surface area (Å²) in [6.07, 6.45) is 4.46. The van der Waals surface area contributed by atoms with Crippen LogP contribution in [0, 0.1) is 10.1 Å². The first kappa shape index (κ1) is 15.9. The van der Waals surface area contributed by atoms with E-state index in [1.807, 2.05) is 0 Å². The fraction of sp³-hybridized carbons (Fsp3) is 0.769. The topological polar surface area (TPSA) is 105 Å². The summed E-state index contributed by atoms with van der Waals surface area (Å²) in [7, 11) is 0. The van der Waals surface area contributed by atoms with Crippen molar-refractivity contribution >= 4 is 5.69 Å². The predicted molar refractivity (Wildman–Crippen MR) is 75.8 cm³/mol. The summed E-state index contributed by atoms with van der Waals surface area (Å²) in [4.78, 5) is 12.2. The highest BCUT2D eigenvalue weighted by atomic mass is 16.6. The molecule has 21 heavy (non-hydrogen) atoms. The molecule has 1 aliphatic heterocycles. The number of aliphatic hydroxyl groups is 2. The summed E-state index contributed by atoms with van der Waals surface area (Å²) in [6, 6.07) is 0.0698. The summed E-state index contributed by atoms with van der Waals surface area (Å²) in [5, 5.41) is 34.4. The van der Waals surface area contributed by atoms with Gasteiger partial charge in [0.15, 0.2) is 0 Å². The molecule has 0 radical (unpaired) electrons. The van der Waals surface area contributed by atoms with Crippen molar-refractivity contribution in [1.29, 1.82) is 0 Å². The van der Waals surface area contributed by atoms with Gasteiger partial charge in [-0.2, -0.15) is 5.10 Å². The quantitative estimate of drug-likeness (QED) is 0.581. The van der Waals surface area contributed by atoms with Crippen LogP contribution in [0.2, 0.25) is 0 Å². The van der Waals surface area contributed by atoms with Crippen LogP contribution in [0.15, 0.2) is 12.4 Å². The van der Waals surface area contributed by atoms with Crippen LogP contribution in [0.3, 0.4) is 0 Å². The van der Waals surface area contributed by atoms with Crippen LogP contribution in [0.1, 0.15) is 26.2 Å². The minimum atomic E-state index is -0.677. The monoisotopic (exact) mass is 298 g/mol. The number of hydrogen-bond donors (Lipinski definition) is 2. The van der Waals surface area contributed by atoms with Gasteiger partial charge >= 0.3 is 5.69 Å². The first-order chi connectivity index (χ1) is 9.97. The van der Waals surface area contributed by atoms with Crippen molar-refractivity contribution in [3.63, 3.8) is 0 Å². The molecule has 0 amide bonds. The van der Waals surface area contributed by atoms with Gasteiger partial charge in [-0.05, 0) is 26.3 Å². The molecule has 8 nitrogen and oxygen atoms in total. The van der Waals surface area contributed by atoms with Gasteiger partial charge in [0.1, 0.15) is 12.4 Å². The molecule has 1 aromatic rings. The first-order valence-electron chi connectivity index (χ1n) is 7.24. The molecule has 1 aliphatic rings. The normalized spacial score (nSPS) is 22.9. The fourth-order valence-corrected chi connectivity index (χ4v) is 2.88. The van der Waals surface area contributed by atoms with Crippen LogP contribution in [-0.2, 0) is 6.54 Å². The van der Waals surface area contributed by atoms with Gasteiger partial charge in [0, 0.05) is 12.6 Å². The number of nitro groups is 1. The van der Waals surface area contributed by atoms with E-state index in [1.165, 1.54) is 17.1 Å². The van der Waals surface area contributed by atoms with E-state index in [4.69, 9.17) is 0 Å². The Bertz CT molecular complexity index is 476. The molecule has 3 unspecified atom stereocenters. The Morgan fingerprint density at radius 1 is 1.48 bits per heavy atom. The molecule has 3 atom stereocenters. The number of β-amino-alcohol motifs (C(OH)–C–C–N with tert-alkyl or cyclic N) is 1. The second kappa shape index (κ2) is 6.97. The first-order valence-corrected chi connectivity index (χ1v) is 7.24. The van der Waals surface area contributed by atoms with Crippen LogP contribution in [0.5, 0.6) is 0 Å². The molecule has 2 rings (SSSR count). The highest BCUT2D eigenvalue weighted by molar-refractivity contribution is 5.20. The number of nitrogens with zero attached hydrogens (tertiary/aromatic N) is 4. The molecule has 0 bridgehead atoms. The smallest absolute Gasteiger partial charge is 0.306 e. The average molecular weight is 298 g/mol. The molecule has 0 aliphatic carbocycles. The van der Waals surface area contributed by atoms with Gasteiger partial charge < -0.3 is 10.2 Å². The van der Waals surface area contributed by atoms with E-state index in [2.05, 4.69) is 10.00 Å². The largest absolute Gasteiger partial charge is 0.392 e. The molecular formula is C13H22N4O4.